The van der Waals surface area contributed by atoms with Gasteiger partial charge in [-0.25, -0.2) is 0 Å². The van der Waals surface area contributed by atoms with Gasteiger partial charge in [0.15, 0.2) is 0 Å². The van der Waals surface area contributed by atoms with Crippen molar-refractivity contribution < 1.29 is 9.47 Å². The first-order chi connectivity index (χ1) is 7.12. The monoisotopic (exact) mass is 210 g/mol. The summed E-state index contributed by atoms with van der Waals surface area (Å²) in [5, 5.41) is 0. The first kappa shape index (κ1) is 12.5. The summed E-state index contributed by atoms with van der Waals surface area (Å²) >= 11 is 0. The maximum atomic E-state index is 5.40. The van der Waals surface area contributed by atoms with Crippen molar-refractivity contribution >= 4 is 0 Å². The van der Waals surface area contributed by atoms with E-state index in [0.717, 1.165) is 19.4 Å². The molecule has 1 aliphatic carbocycles. The second-order valence-corrected chi connectivity index (χ2v) is 4.64. The Kier molecular flexibility index (Phi) is 4.59. The van der Waals surface area contributed by atoms with Crippen molar-refractivity contribution in [1.29, 1.82) is 0 Å². The molecular formula is C13H22O2. The van der Waals surface area contributed by atoms with Gasteiger partial charge in [-0.05, 0) is 35.8 Å². The molecule has 0 saturated heterocycles. The zero-order valence-corrected chi connectivity index (χ0v) is 10.3. The molecule has 0 bridgehead atoms. The minimum Gasteiger partial charge on any atom is -0.359 e. The molecule has 0 amide bonds. The summed E-state index contributed by atoms with van der Waals surface area (Å²) < 4.78 is 10.3. The fourth-order valence-corrected chi connectivity index (χ4v) is 1.89. The van der Waals surface area contributed by atoms with Crippen LogP contribution in [0.4, 0.5) is 0 Å². The van der Waals surface area contributed by atoms with Crippen LogP contribution in [0.2, 0.25) is 0 Å². The second kappa shape index (κ2) is 5.50. The second-order valence-electron chi connectivity index (χ2n) is 4.64. The lowest BCUT2D eigenvalue weighted by Gasteiger charge is -2.46. The zero-order valence-electron chi connectivity index (χ0n) is 10.3. The Morgan fingerprint density at radius 3 is 2.80 bits per heavy atom. The van der Waals surface area contributed by atoms with Gasteiger partial charge in [-0.3, -0.25) is 0 Å². The Labute approximate surface area is 93.0 Å². The van der Waals surface area contributed by atoms with E-state index < -0.39 is 0 Å². The molecule has 1 aliphatic rings. The summed E-state index contributed by atoms with van der Waals surface area (Å²) in [6.07, 6.45) is 4.29. The van der Waals surface area contributed by atoms with Gasteiger partial charge in [-0.2, -0.15) is 0 Å². The maximum Gasteiger partial charge on any atom is 0.146 e. The van der Waals surface area contributed by atoms with Crippen LogP contribution in [0.5, 0.6) is 0 Å². The van der Waals surface area contributed by atoms with Gasteiger partial charge in [0.2, 0.25) is 0 Å². The van der Waals surface area contributed by atoms with Gasteiger partial charge in [0.1, 0.15) is 6.79 Å². The van der Waals surface area contributed by atoms with E-state index in [1.165, 1.54) is 5.57 Å². The van der Waals surface area contributed by atoms with Crippen LogP contribution in [0.3, 0.4) is 0 Å². The normalized spacial score (nSPS) is 23.2. The van der Waals surface area contributed by atoms with E-state index in [9.17, 15) is 0 Å². The lowest BCUT2D eigenvalue weighted by atomic mass is 9.59. The van der Waals surface area contributed by atoms with E-state index in [0.29, 0.717) is 12.7 Å². The molecule has 1 unspecified atom stereocenters. The Morgan fingerprint density at radius 2 is 2.27 bits per heavy atom. The van der Waals surface area contributed by atoms with Gasteiger partial charge in [0, 0.05) is 7.11 Å². The van der Waals surface area contributed by atoms with Crippen LogP contribution in [0, 0.1) is 11.3 Å². The molecule has 15 heavy (non-hydrogen) atoms. The third-order valence-corrected chi connectivity index (χ3v) is 3.25. The third kappa shape index (κ3) is 2.94. The van der Waals surface area contributed by atoms with Crippen LogP contribution < -0.4 is 0 Å². The van der Waals surface area contributed by atoms with Crippen LogP contribution in [-0.2, 0) is 9.47 Å². The highest BCUT2D eigenvalue weighted by atomic mass is 16.7. The minimum absolute atomic E-state index is 0.249. The van der Waals surface area contributed by atoms with Crippen molar-refractivity contribution in [3.8, 4) is 0 Å². The highest BCUT2D eigenvalue weighted by Crippen LogP contribution is 2.50. The number of ether oxygens (including phenoxy) is 2. The number of hydrogen-bond acceptors (Lipinski definition) is 2. The molecule has 0 spiro atoms. The number of methoxy groups -OCH3 is 1. The molecular weight excluding hydrogens is 188 g/mol. The molecule has 0 radical (unpaired) electrons. The molecule has 0 heterocycles. The Morgan fingerprint density at radius 1 is 1.53 bits per heavy atom. The van der Waals surface area contributed by atoms with Gasteiger partial charge in [0.05, 0.1) is 6.61 Å². The number of hydrogen-bond donors (Lipinski definition) is 0. The third-order valence-electron chi connectivity index (χ3n) is 3.25. The summed E-state index contributed by atoms with van der Waals surface area (Å²) in [4.78, 5) is 0. The Balaban J connectivity index is 2.45. The van der Waals surface area contributed by atoms with E-state index in [2.05, 4.69) is 32.6 Å². The van der Waals surface area contributed by atoms with Gasteiger partial charge in [0.25, 0.3) is 0 Å². The van der Waals surface area contributed by atoms with Crippen LogP contribution in [0.15, 0.2) is 17.4 Å². The highest BCUT2D eigenvalue weighted by molar-refractivity contribution is 5.23. The van der Waals surface area contributed by atoms with E-state index in [4.69, 9.17) is 9.47 Å². The fraction of sp³-hybridized carbons (Fsp3) is 0.769. The van der Waals surface area contributed by atoms with Gasteiger partial charge < -0.3 is 9.47 Å². The molecule has 1 rings (SSSR count). The largest absolute Gasteiger partial charge is 0.359 e. The van der Waals surface area contributed by atoms with E-state index in [1.807, 2.05) is 0 Å². The topological polar surface area (TPSA) is 18.5 Å². The fourth-order valence-electron chi connectivity index (χ4n) is 1.89. The average molecular weight is 210 g/mol. The van der Waals surface area contributed by atoms with Crippen LogP contribution in [0.25, 0.3) is 0 Å². The van der Waals surface area contributed by atoms with Crippen LogP contribution >= 0.6 is 0 Å². The summed E-state index contributed by atoms with van der Waals surface area (Å²) in [5.74, 6) is 0.611. The summed E-state index contributed by atoms with van der Waals surface area (Å²) in [7, 11) is 1.65. The molecule has 86 valence electrons. The first-order valence-corrected chi connectivity index (χ1v) is 5.64. The van der Waals surface area contributed by atoms with Crippen molar-refractivity contribution in [3.05, 3.63) is 17.4 Å². The molecule has 0 aliphatic heterocycles. The average Bonchev–Trinajstić information content (AvgIpc) is 2.21. The Hall–Kier alpha value is -0.560. The molecule has 1 saturated carbocycles. The van der Waals surface area contributed by atoms with Crippen molar-refractivity contribution in [3.63, 3.8) is 0 Å². The molecule has 2 nitrogen and oxygen atoms in total. The van der Waals surface area contributed by atoms with Crippen LogP contribution in [-0.4, -0.2) is 20.5 Å². The molecule has 0 aromatic heterocycles. The van der Waals surface area contributed by atoms with E-state index in [1.54, 1.807) is 7.11 Å². The van der Waals surface area contributed by atoms with Gasteiger partial charge in [-0.15, -0.1) is 5.73 Å². The predicted octanol–water partition coefficient (Wildman–Crippen LogP) is 3.14. The Bertz CT molecular complexity index is 260. The SMILES string of the molecule is CCC=C=C1CC(COCOC)C1(C)C. The van der Waals surface area contributed by atoms with Crippen LogP contribution in [0.1, 0.15) is 33.6 Å². The van der Waals surface area contributed by atoms with E-state index >= 15 is 0 Å². The van der Waals surface area contributed by atoms with Crippen molar-refractivity contribution in [2.24, 2.45) is 11.3 Å². The van der Waals surface area contributed by atoms with Crippen molar-refractivity contribution in [1.82, 2.24) is 0 Å². The number of rotatable bonds is 5. The molecule has 0 aromatic carbocycles. The molecule has 2 heteroatoms. The van der Waals surface area contributed by atoms with Crippen molar-refractivity contribution in [2.45, 2.75) is 33.6 Å². The zero-order chi connectivity index (χ0) is 11.3. The molecule has 0 N–H and O–H groups in total. The maximum absolute atomic E-state index is 5.40. The molecule has 0 aromatic rings. The quantitative estimate of drug-likeness (QED) is 0.394. The van der Waals surface area contributed by atoms with Crippen molar-refractivity contribution in [2.75, 3.05) is 20.5 Å². The van der Waals surface area contributed by atoms with Gasteiger partial charge in [-0.1, -0.05) is 20.8 Å². The summed E-state index contributed by atoms with van der Waals surface area (Å²) in [6.45, 7) is 7.86. The smallest absolute Gasteiger partial charge is 0.146 e. The van der Waals surface area contributed by atoms with Gasteiger partial charge >= 0.3 is 0 Å². The summed E-state index contributed by atoms with van der Waals surface area (Å²) in [5.41, 5.74) is 5.06. The lowest BCUT2D eigenvalue weighted by Crippen LogP contribution is -2.40. The first-order valence-electron chi connectivity index (χ1n) is 5.64. The minimum atomic E-state index is 0.249. The highest BCUT2D eigenvalue weighted by Gasteiger charge is 2.43. The molecule has 1 fully saturated rings. The number of allylic oxidation sites excluding steroid dienone is 1. The predicted molar refractivity (Wildman–Crippen MR) is 61.6 cm³/mol. The van der Waals surface area contributed by atoms with E-state index in [-0.39, 0.29) is 5.41 Å². The summed E-state index contributed by atoms with van der Waals surface area (Å²) in [6, 6.07) is 0. The lowest BCUT2D eigenvalue weighted by molar-refractivity contribution is -0.0659. The standard InChI is InChI=1S/C13H22O2/c1-5-6-7-11-8-12(13(11,2)3)9-15-10-14-4/h6,12H,5,8-10H2,1-4H3. The molecule has 1 atom stereocenters.